The Morgan fingerprint density at radius 1 is 1.21 bits per heavy atom. The van der Waals surface area contributed by atoms with E-state index in [1.165, 1.54) is 26.4 Å². The molecule has 0 bridgehead atoms. The number of amides is 1. The number of rotatable bonds is 9. The predicted octanol–water partition coefficient (Wildman–Crippen LogP) is 0.392. The van der Waals surface area contributed by atoms with Gasteiger partial charge in [-0.15, -0.1) is 0 Å². The van der Waals surface area contributed by atoms with E-state index >= 15 is 0 Å². The van der Waals surface area contributed by atoms with Crippen molar-refractivity contribution >= 4 is 27.6 Å². The minimum atomic E-state index is -3.68. The molecule has 0 aliphatic carbocycles. The summed E-state index contributed by atoms with van der Waals surface area (Å²) in [6.07, 6.45) is 0.968. The number of nitrogens with one attached hydrogen (secondary N) is 1. The first kappa shape index (κ1) is 19.9. The smallest absolute Gasteiger partial charge is 0.340 e. The number of hydrogen-bond donors (Lipinski definition) is 1. The molecule has 1 rings (SSSR count). The Balaban J connectivity index is 2.96. The molecule has 0 radical (unpaired) electrons. The molecule has 1 N–H and O–H groups in total. The second-order valence-electron chi connectivity index (χ2n) is 4.94. The SMILES string of the molecule is COCCNC(=O)CCN(c1ccccc1C(=O)OC)S(C)(=O)=O. The van der Waals surface area contributed by atoms with Gasteiger partial charge in [-0.3, -0.25) is 9.10 Å². The lowest BCUT2D eigenvalue weighted by Crippen LogP contribution is -2.36. The van der Waals surface area contributed by atoms with Gasteiger partial charge in [0.25, 0.3) is 0 Å². The lowest BCUT2D eigenvalue weighted by molar-refractivity contribution is -0.121. The molecule has 134 valence electrons. The van der Waals surface area contributed by atoms with E-state index in [9.17, 15) is 18.0 Å². The van der Waals surface area contributed by atoms with Gasteiger partial charge in [-0.1, -0.05) is 12.1 Å². The van der Waals surface area contributed by atoms with Crippen LogP contribution < -0.4 is 9.62 Å². The Kier molecular flexibility index (Phi) is 7.66. The molecular formula is C15H22N2O6S. The molecule has 1 aromatic carbocycles. The fraction of sp³-hybridized carbons (Fsp3) is 0.467. The summed E-state index contributed by atoms with van der Waals surface area (Å²) in [6, 6.07) is 6.18. The highest BCUT2D eigenvalue weighted by molar-refractivity contribution is 7.92. The number of hydrogen-bond acceptors (Lipinski definition) is 6. The summed E-state index contributed by atoms with van der Waals surface area (Å²) in [7, 11) is -0.952. The Morgan fingerprint density at radius 3 is 2.46 bits per heavy atom. The third-order valence-corrected chi connectivity index (χ3v) is 4.33. The Bertz CT molecular complexity index is 674. The first-order valence-corrected chi connectivity index (χ1v) is 9.06. The van der Waals surface area contributed by atoms with E-state index in [0.717, 1.165) is 10.6 Å². The fourth-order valence-corrected chi connectivity index (χ4v) is 2.96. The van der Waals surface area contributed by atoms with Crippen molar-refractivity contribution in [2.45, 2.75) is 6.42 Å². The van der Waals surface area contributed by atoms with Gasteiger partial charge in [0.2, 0.25) is 15.9 Å². The molecule has 0 aliphatic heterocycles. The number of para-hydroxylation sites is 1. The molecule has 8 nitrogen and oxygen atoms in total. The van der Waals surface area contributed by atoms with E-state index in [4.69, 9.17) is 4.74 Å². The number of methoxy groups -OCH3 is 2. The van der Waals surface area contributed by atoms with Crippen LogP contribution in [-0.2, 0) is 24.3 Å². The zero-order valence-electron chi connectivity index (χ0n) is 13.9. The molecule has 0 saturated carbocycles. The number of ether oxygens (including phenoxy) is 2. The van der Waals surface area contributed by atoms with Crippen LogP contribution >= 0.6 is 0 Å². The van der Waals surface area contributed by atoms with Gasteiger partial charge in [0.05, 0.1) is 31.2 Å². The van der Waals surface area contributed by atoms with Crippen molar-refractivity contribution in [3.05, 3.63) is 29.8 Å². The summed E-state index contributed by atoms with van der Waals surface area (Å²) in [6.45, 7) is 0.616. The maximum absolute atomic E-state index is 12.1. The van der Waals surface area contributed by atoms with E-state index in [1.54, 1.807) is 12.1 Å². The fourth-order valence-electron chi connectivity index (χ4n) is 2.02. The average Bonchev–Trinajstić information content (AvgIpc) is 2.53. The summed E-state index contributed by atoms with van der Waals surface area (Å²) < 4.78 is 34.7. The summed E-state index contributed by atoms with van der Waals surface area (Å²) in [5, 5.41) is 2.61. The van der Waals surface area contributed by atoms with Crippen LogP contribution in [0.2, 0.25) is 0 Å². The van der Waals surface area contributed by atoms with E-state index in [2.05, 4.69) is 10.1 Å². The van der Waals surface area contributed by atoms with Gasteiger partial charge in [0, 0.05) is 26.6 Å². The molecule has 0 unspecified atom stereocenters. The second kappa shape index (κ2) is 9.24. The number of anilines is 1. The Morgan fingerprint density at radius 2 is 1.88 bits per heavy atom. The molecule has 0 fully saturated rings. The minimum absolute atomic E-state index is 0.0493. The molecule has 9 heteroatoms. The van der Waals surface area contributed by atoms with Gasteiger partial charge in [-0.25, -0.2) is 13.2 Å². The number of sulfonamides is 1. The van der Waals surface area contributed by atoms with Gasteiger partial charge < -0.3 is 14.8 Å². The van der Waals surface area contributed by atoms with Crippen LogP contribution in [0.25, 0.3) is 0 Å². The van der Waals surface area contributed by atoms with Crippen molar-refractivity contribution in [3.8, 4) is 0 Å². The normalized spacial score (nSPS) is 11.0. The number of esters is 1. The second-order valence-corrected chi connectivity index (χ2v) is 6.84. The monoisotopic (exact) mass is 358 g/mol. The van der Waals surface area contributed by atoms with E-state index in [0.29, 0.717) is 13.2 Å². The molecule has 1 aromatic rings. The third kappa shape index (κ3) is 5.82. The summed E-state index contributed by atoms with van der Waals surface area (Å²) in [5.41, 5.74) is 0.293. The quantitative estimate of drug-likeness (QED) is 0.506. The van der Waals surface area contributed by atoms with Crippen molar-refractivity contribution in [1.29, 1.82) is 0 Å². The van der Waals surface area contributed by atoms with Gasteiger partial charge in [0.15, 0.2) is 0 Å². The van der Waals surface area contributed by atoms with Crippen LogP contribution in [-0.4, -0.2) is 60.5 Å². The number of carbonyl (C=O) groups is 2. The highest BCUT2D eigenvalue weighted by atomic mass is 32.2. The number of nitrogens with zero attached hydrogens (tertiary/aromatic N) is 1. The Labute approximate surface area is 141 Å². The maximum Gasteiger partial charge on any atom is 0.340 e. The predicted molar refractivity (Wildman–Crippen MR) is 89.5 cm³/mol. The largest absolute Gasteiger partial charge is 0.465 e. The van der Waals surface area contributed by atoms with Crippen LogP contribution in [0.5, 0.6) is 0 Å². The molecule has 0 aliphatic rings. The van der Waals surface area contributed by atoms with Crippen LogP contribution in [0.4, 0.5) is 5.69 Å². The van der Waals surface area contributed by atoms with Gasteiger partial charge >= 0.3 is 5.97 Å². The van der Waals surface area contributed by atoms with Crippen molar-refractivity contribution in [2.24, 2.45) is 0 Å². The molecule has 1 amide bonds. The standard InChI is InChI=1S/C15H22N2O6S/c1-22-11-9-16-14(18)8-10-17(24(3,20)21)13-7-5-4-6-12(13)15(19)23-2/h4-7H,8-11H2,1-3H3,(H,16,18). The highest BCUT2D eigenvalue weighted by Crippen LogP contribution is 2.23. The molecule has 0 spiro atoms. The zero-order valence-corrected chi connectivity index (χ0v) is 14.8. The van der Waals surface area contributed by atoms with Crippen molar-refractivity contribution in [3.63, 3.8) is 0 Å². The Hall–Kier alpha value is -2.13. The number of carbonyl (C=O) groups excluding carboxylic acids is 2. The highest BCUT2D eigenvalue weighted by Gasteiger charge is 2.23. The molecule has 0 saturated heterocycles. The summed E-state index contributed by atoms with van der Waals surface area (Å²) >= 11 is 0. The lowest BCUT2D eigenvalue weighted by atomic mass is 10.1. The van der Waals surface area contributed by atoms with Crippen LogP contribution in [0, 0.1) is 0 Å². The molecular weight excluding hydrogens is 336 g/mol. The molecule has 0 heterocycles. The van der Waals surface area contributed by atoms with Gasteiger partial charge in [-0.2, -0.15) is 0 Å². The topological polar surface area (TPSA) is 102 Å². The lowest BCUT2D eigenvalue weighted by Gasteiger charge is -2.24. The number of benzene rings is 1. The average molecular weight is 358 g/mol. The van der Waals surface area contributed by atoms with Gasteiger partial charge in [0.1, 0.15) is 0 Å². The van der Waals surface area contributed by atoms with Crippen molar-refractivity contribution < 1.29 is 27.5 Å². The third-order valence-electron chi connectivity index (χ3n) is 3.15. The summed E-state index contributed by atoms with van der Waals surface area (Å²) in [4.78, 5) is 23.6. The van der Waals surface area contributed by atoms with E-state index in [-0.39, 0.29) is 30.1 Å². The van der Waals surface area contributed by atoms with Crippen LogP contribution in [0.3, 0.4) is 0 Å². The first-order chi connectivity index (χ1) is 11.3. The first-order valence-electron chi connectivity index (χ1n) is 7.22. The minimum Gasteiger partial charge on any atom is -0.465 e. The van der Waals surface area contributed by atoms with E-state index < -0.39 is 16.0 Å². The molecule has 24 heavy (non-hydrogen) atoms. The maximum atomic E-state index is 12.1. The van der Waals surface area contributed by atoms with Crippen molar-refractivity contribution in [2.75, 3.05) is 44.5 Å². The van der Waals surface area contributed by atoms with Crippen molar-refractivity contribution in [1.82, 2.24) is 5.32 Å². The molecule has 0 atom stereocenters. The summed E-state index contributed by atoms with van der Waals surface area (Å²) in [5.74, 6) is -0.958. The van der Waals surface area contributed by atoms with Gasteiger partial charge in [-0.05, 0) is 12.1 Å². The van der Waals surface area contributed by atoms with Crippen LogP contribution in [0.15, 0.2) is 24.3 Å². The zero-order chi connectivity index (χ0) is 18.2. The van der Waals surface area contributed by atoms with Crippen LogP contribution in [0.1, 0.15) is 16.8 Å². The molecule has 0 aromatic heterocycles. The van der Waals surface area contributed by atoms with E-state index in [1.807, 2.05) is 0 Å².